The van der Waals surface area contributed by atoms with Crippen LogP contribution < -0.4 is 4.74 Å². The Balaban J connectivity index is 2.01. The number of hydrogen-bond acceptors (Lipinski definition) is 8. The van der Waals surface area contributed by atoms with Crippen LogP contribution >= 0.6 is 0 Å². The molecular weight excluding hydrogens is 348 g/mol. The SMILES string of the molecule is COc1ccc(/C=C/C(=O)OC2[C@@H](O)CC(O)(C(=O)O)C[C@@H]2O)cc1O. The number of methoxy groups -OCH3 is 1. The molecule has 0 spiro atoms. The molecule has 2 atom stereocenters. The van der Waals surface area contributed by atoms with Crippen LogP contribution in [0.3, 0.4) is 0 Å². The molecule has 1 aliphatic carbocycles. The average molecular weight is 368 g/mol. The number of carboxylic acids is 1. The number of carbonyl (C=O) groups excluding carboxylic acids is 1. The number of aliphatic hydroxyl groups excluding tert-OH is 2. The number of aromatic hydroxyl groups is 1. The van der Waals surface area contributed by atoms with Crippen LogP contribution in [0, 0.1) is 0 Å². The predicted molar refractivity (Wildman–Crippen MR) is 87.4 cm³/mol. The summed E-state index contributed by atoms with van der Waals surface area (Å²) in [6.45, 7) is 0. The number of aliphatic hydroxyl groups is 3. The van der Waals surface area contributed by atoms with Gasteiger partial charge in [0.2, 0.25) is 0 Å². The van der Waals surface area contributed by atoms with Crippen LogP contribution in [0.5, 0.6) is 11.5 Å². The minimum absolute atomic E-state index is 0.117. The quantitative estimate of drug-likeness (QED) is 0.347. The number of rotatable bonds is 5. The maximum absolute atomic E-state index is 11.9. The van der Waals surface area contributed by atoms with Gasteiger partial charge in [-0.1, -0.05) is 6.07 Å². The number of carbonyl (C=O) groups is 2. The number of benzene rings is 1. The van der Waals surface area contributed by atoms with E-state index in [0.717, 1.165) is 6.08 Å². The molecule has 0 heterocycles. The van der Waals surface area contributed by atoms with Crippen LogP contribution in [0.4, 0.5) is 0 Å². The summed E-state index contributed by atoms with van der Waals surface area (Å²) in [5.74, 6) is -2.30. The van der Waals surface area contributed by atoms with E-state index in [9.17, 15) is 30.0 Å². The fourth-order valence-electron chi connectivity index (χ4n) is 2.74. The fourth-order valence-corrected chi connectivity index (χ4v) is 2.74. The van der Waals surface area contributed by atoms with E-state index in [1.165, 1.54) is 25.3 Å². The van der Waals surface area contributed by atoms with E-state index >= 15 is 0 Å². The molecule has 0 amide bonds. The molecule has 2 rings (SSSR count). The highest BCUT2D eigenvalue weighted by molar-refractivity contribution is 5.87. The van der Waals surface area contributed by atoms with Crippen molar-refractivity contribution in [3.63, 3.8) is 0 Å². The fraction of sp³-hybridized carbons (Fsp3) is 0.412. The van der Waals surface area contributed by atoms with Crippen molar-refractivity contribution >= 4 is 18.0 Å². The van der Waals surface area contributed by atoms with Gasteiger partial charge in [0.15, 0.2) is 23.2 Å². The van der Waals surface area contributed by atoms with E-state index < -0.39 is 48.7 Å². The molecule has 5 N–H and O–H groups in total. The zero-order valence-corrected chi connectivity index (χ0v) is 13.9. The highest BCUT2D eigenvalue weighted by Gasteiger charge is 2.50. The molecule has 26 heavy (non-hydrogen) atoms. The third kappa shape index (κ3) is 4.31. The number of phenolic OH excluding ortho intramolecular Hbond substituents is 1. The molecule has 1 aromatic carbocycles. The molecule has 0 aromatic heterocycles. The molecule has 0 bridgehead atoms. The van der Waals surface area contributed by atoms with Gasteiger partial charge in [-0.15, -0.1) is 0 Å². The number of hydrogen-bond donors (Lipinski definition) is 5. The molecule has 1 saturated carbocycles. The number of esters is 1. The molecule has 0 saturated heterocycles. The lowest BCUT2D eigenvalue weighted by atomic mass is 9.79. The first kappa shape index (κ1) is 19.7. The van der Waals surface area contributed by atoms with Crippen LogP contribution in [0.15, 0.2) is 24.3 Å². The minimum atomic E-state index is -2.28. The Bertz CT molecular complexity index is 700. The maximum atomic E-state index is 11.9. The molecule has 9 nitrogen and oxygen atoms in total. The van der Waals surface area contributed by atoms with Crippen molar-refractivity contribution in [1.82, 2.24) is 0 Å². The van der Waals surface area contributed by atoms with Gasteiger partial charge in [0.1, 0.15) is 0 Å². The van der Waals surface area contributed by atoms with Gasteiger partial charge in [0.05, 0.1) is 19.3 Å². The van der Waals surface area contributed by atoms with Gasteiger partial charge in [0.25, 0.3) is 0 Å². The Labute approximate surface area is 148 Å². The Kier molecular flexibility index (Phi) is 5.86. The van der Waals surface area contributed by atoms with Gasteiger partial charge in [-0.2, -0.15) is 0 Å². The second-order valence-corrected chi connectivity index (χ2v) is 6.05. The van der Waals surface area contributed by atoms with Crippen LogP contribution in [0.2, 0.25) is 0 Å². The van der Waals surface area contributed by atoms with Crippen molar-refractivity contribution < 1.29 is 44.6 Å². The molecular formula is C17H20O9. The van der Waals surface area contributed by atoms with E-state index in [4.69, 9.17) is 14.6 Å². The summed E-state index contributed by atoms with van der Waals surface area (Å²) in [6, 6.07) is 4.45. The largest absolute Gasteiger partial charge is 0.504 e. The van der Waals surface area contributed by atoms with E-state index in [1.807, 2.05) is 0 Å². The van der Waals surface area contributed by atoms with Crippen LogP contribution in [-0.2, 0) is 14.3 Å². The first-order valence-electron chi connectivity index (χ1n) is 7.74. The van der Waals surface area contributed by atoms with E-state index in [0.29, 0.717) is 5.56 Å². The van der Waals surface area contributed by atoms with Gasteiger partial charge < -0.3 is 35.0 Å². The zero-order chi connectivity index (χ0) is 19.5. The summed E-state index contributed by atoms with van der Waals surface area (Å²) in [7, 11) is 1.40. The molecule has 0 aliphatic heterocycles. The Morgan fingerprint density at radius 2 is 1.85 bits per heavy atom. The number of carboxylic acid groups (broad SMARTS) is 1. The smallest absolute Gasteiger partial charge is 0.335 e. The van der Waals surface area contributed by atoms with E-state index in [1.54, 1.807) is 6.07 Å². The van der Waals surface area contributed by atoms with Crippen molar-refractivity contribution in [3.05, 3.63) is 29.8 Å². The van der Waals surface area contributed by atoms with E-state index in [-0.39, 0.29) is 11.5 Å². The van der Waals surface area contributed by atoms with Crippen molar-refractivity contribution in [1.29, 1.82) is 0 Å². The van der Waals surface area contributed by atoms with Gasteiger partial charge in [-0.25, -0.2) is 9.59 Å². The molecule has 9 heteroatoms. The molecule has 1 aromatic rings. The maximum Gasteiger partial charge on any atom is 0.335 e. The first-order chi connectivity index (χ1) is 12.2. The highest BCUT2D eigenvalue weighted by atomic mass is 16.6. The topological polar surface area (TPSA) is 154 Å². The Morgan fingerprint density at radius 1 is 1.23 bits per heavy atom. The summed E-state index contributed by atoms with van der Waals surface area (Å²) in [5.41, 5.74) is -1.80. The summed E-state index contributed by atoms with van der Waals surface area (Å²) in [6.07, 6.45) is -3.23. The normalized spacial score (nSPS) is 28.7. The third-order valence-corrected chi connectivity index (χ3v) is 4.12. The molecule has 142 valence electrons. The zero-order valence-electron chi connectivity index (χ0n) is 13.9. The Morgan fingerprint density at radius 3 is 2.35 bits per heavy atom. The third-order valence-electron chi connectivity index (χ3n) is 4.12. The van der Waals surface area contributed by atoms with Gasteiger partial charge in [0, 0.05) is 18.9 Å². The van der Waals surface area contributed by atoms with Crippen LogP contribution in [0.1, 0.15) is 18.4 Å². The Hall–Kier alpha value is -2.62. The van der Waals surface area contributed by atoms with Crippen molar-refractivity contribution in [2.75, 3.05) is 7.11 Å². The molecule has 0 unspecified atom stereocenters. The summed E-state index contributed by atoms with van der Waals surface area (Å²) >= 11 is 0. The van der Waals surface area contributed by atoms with Crippen molar-refractivity contribution in [2.24, 2.45) is 0 Å². The number of phenols is 1. The van der Waals surface area contributed by atoms with Crippen LogP contribution in [0.25, 0.3) is 6.08 Å². The van der Waals surface area contributed by atoms with Gasteiger partial charge in [-0.05, 0) is 23.8 Å². The summed E-state index contributed by atoms with van der Waals surface area (Å²) in [5, 5.41) is 48.3. The van der Waals surface area contributed by atoms with Gasteiger partial charge in [-0.3, -0.25) is 0 Å². The first-order valence-corrected chi connectivity index (χ1v) is 7.74. The second-order valence-electron chi connectivity index (χ2n) is 6.05. The average Bonchev–Trinajstić information content (AvgIpc) is 2.56. The lowest BCUT2D eigenvalue weighted by Crippen LogP contribution is -2.57. The monoisotopic (exact) mass is 368 g/mol. The molecule has 1 fully saturated rings. The highest BCUT2D eigenvalue weighted by Crippen LogP contribution is 2.31. The van der Waals surface area contributed by atoms with Crippen LogP contribution in [-0.4, -0.2) is 68.5 Å². The van der Waals surface area contributed by atoms with Crippen molar-refractivity contribution in [2.45, 2.75) is 36.8 Å². The summed E-state index contributed by atoms with van der Waals surface area (Å²) < 4.78 is 9.87. The summed E-state index contributed by atoms with van der Waals surface area (Å²) in [4.78, 5) is 22.9. The number of aliphatic carboxylic acids is 1. The lowest BCUT2D eigenvalue weighted by Gasteiger charge is -2.39. The van der Waals surface area contributed by atoms with E-state index in [2.05, 4.69) is 0 Å². The molecule has 1 aliphatic rings. The second kappa shape index (κ2) is 7.73. The lowest BCUT2D eigenvalue weighted by molar-refractivity contribution is -0.196. The van der Waals surface area contributed by atoms with Crippen molar-refractivity contribution in [3.8, 4) is 11.5 Å². The minimum Gasteiger partial charge on any atom is -0.504 e. The molecule has 0 radical (unpaired) electrons. The standard InChI is InChI=1S/C17H20O9/c1-25-13-4-2-9(6-10(13)18)3-5-14(21)26-15-11(19)7-17(24,16(22)23)8-12(15)20/h2-6,11-12,15,18-20,24H,7-8H2,1H3,(H,22,23)/b5-3+/t11-,12-,15?,17?/m0/s1. The predicted octanol–water partition coefficient (Wildman–Crippen LogP) is -0.343. The van der Waals surface area contributed by atoms with Gasteiger partial charge >= 0.3 is 11.9 Å². The number of ether oxygens (including phenoxy) is 2.